The van der Waals surface area contributed by atoms with Crippen molar-refractivity contribution in [2.75, 3.05) is 12.0 Å². The first-order valence-electron chi connectivity index (χ1n) is 3.64. The minimum atomic E-state index is -3.20. The van der Waals surface area contributed by atoms with Crippen molar-refractivity contribution in [2.45, 2.75) is 19.4 Å². The van der Waals surface area contributed by atoms with Gasteiger partial charge in [0.15, 0.2) is 5.78 Å². The fourth-order valence-electron chi connectivity index (χ4n) is 0.691. The van der Waals surface area contributed by atoms with E-state index in [4.69, 9.17) is 5.11 Å². The summed E-state index contributed by atoms with van der Waals surface area (Å²) >= 11 is 0. The highest BCUT2D eigenvalue weighted by atomic mass is 32.2. The molecule has 0 fully saturated rings. The van der Waals surface area contributed by atoms with Crippen LogP contribution in [0.25, 0.3) is 0 Å². The fourth-order valence-corrected chi connectivity index (χ4v) is 1.34. The van der Waals surface area contributed by atoms with Gasteiger partial charge in [-0.05, 0) is 6.42 Å². The molecule has 0 aromatic rings. The predicted molar refractivity (Wildman–Crippen MR) is 46.0 cm³/mol. The summed E-state index contributed by atoms with van der Waals surface area (Å²) in [5.74, 6) is -2.00. The number of sulfone groups is 1. The van der Waals surface area contributed by atoms with E-state index in [1.807, 2.05) is 0 Å². The average molecular weight is 208 g/mol. The second kappa shape index (κ2) is 4.48. The Morgan fingerprint density at radius 1 is 1.38 bits per heavy atom. The molecular weight excluding hydrogens is 196 g/mol. The number of hydrogen-bond donors (Lipinski definition) is 1. The first-order valence-corrected chi connectivity index (χ1v) is 5.70. The molecule has 0 aliphatic heterocycles. The maximum absolute atomic E-state index is 10.8. The number of carbonyl (C=O) groups is 2. The number of aliphatic hydroxyl groups is 1. The van der Waals surface area contributed by atoms with Crippen LogP contribution in [-0.4, -0.2) is 43.2 Å². The minimum absolute atomic E-state index is 0.225. The third-order valence-corrected chi connectivity index (χ3v) is 2.39. The molecule has 6 heteroatoms. The van der Waals surface area contributed by atoms with Gasteiger partial charge in [-0.15, -0.1) is 0 Å². The number of Topliss-reactive ketones (excluding diaryl/α,β-unsaturated/α-hetero) is 2. The van der Waals surface area contributed by atoms with E-state index >= 15 is 0 Å². The van der Waals surface area contributed by atoms with Crippen LogP contribution in [0.5, 0.6) is 0 Å². The van der Waals surface area contributed by atoms with E-state index in [0.29, 0.717) is 0 Å². The van der Waals surface area contributed by atoms with E-state index in [-0.39, 0.29) is 12.2 Å². The molecule has 0 aromatic heterocycles. The average Bonchev–Trinajstić information content (AvgIpc) is 1.97. The van der Waals surface area contributed by atoms with Crippen molar-refractivity contribution in [1.82, 2.24) is 0 Å². The number of ketones is 2. The SMILES string of the molecule is CC(=O)C(=O)C(O)CCS(C)(=O)=O. The Balaban J connectivity index is 4.10. The normalized spacial score (nSPS) is 13.8. The van der Waals surface area contributed by atoms with Crippen molar-refractivity contribution >= 4 is 21.4 Å². The largest absolute Gasteiger partial charge is 0.385 e. The maximum Gasteiger partial charge on any atom is 0.226 e. The number of carbonyl (C=O) groups excluding carboxylic acids is 2. The van der Waals surface area contributed by atoms with Gasteiger partial charge in [0.25, 0.3) is 0 Å². The molecule has 76 valence electrons. The van der Waals surface area contributed by atoms with Gasteiger partial charge in [0.1, 0.15) is 15.9 Å². The molecule has 1 unspecified atom stereocenters. The Morgan fingerprint density at radius 3 is 2.15 bits per heavy atom. The molecule has 1 N–H and O–H groups in total. The van der Waals surface area contributed by atoms with E-state index in [1.54, 1.807) is 0 Å². The summed E-state index contributed by atoms with van der Waals surface area (Å²) in [5.41, 5.74) is 0. The highest BCUT2D eigenvalue weighted by Gasteiger charge is 2.20. The lowest BCUT2D eigenvalue weighted by molar-refractivity contribution is -0.140. The molecule has 0 aliphatic carbocycles. The molecule has 0 saturated carbocycles. The van der Waals surface area contributed by atoms with E-state index in [1.165, 1.54) is 0 Å². The van der Waals surface area contributed by atoms with Gasteiger partial charge >= 0.3 is 0 Å². The van der Waals surface area contributed by atoms with Gasteiger partial charge in [-0.1, -0.05) is 0 Å². The second-order valence-corrected chi connectivity index (χ2v) is 5.11. The molecular formula is C7H12O5S. The van der Waals surface area contributed by atoms with Crippen LogP contribution in [0, 0.1) is 0 Å². The van der Waals surface area contributed by atoms with Crippen LogP contribution in [0.2, 0.25) is 0 Å². The molecule has 0 aromatic carbocycles. The molecule has 0 amide bonds. The minimum Gasteiger partial charge on any atom is -0.385 e. The van der Waals surface area contributed by atoms with Crippen LogP contribution in [-0.2, 0) is 19.4 Å². The van der Waals surface area contributed by atoms with Gasteiger partial charge in [0.05, 0.1) is 5.75 Å². The number of hydrogen-bond acceptors (Lipinski definition) is 5. The molecule has 0 saturated heterocycles. The second-order valence-electron chi connectivity index (χ2n) is 2.85. The molecule has 0 radical (unpaired) electrons. The highest BCUT2D eigenvalue weighted by molar-refractivity contribution is 7.90. The Morgan fingerprint density at radius 2 is 1.85 bits per heavy atom. The standard InChI is InChI=1S/C7H12O5S/c1-5(8)7(10)6(9)3-4-13(2,11)12/h6,9H,3-4H2,1-2H3. The van der Waals surface area contributed by atoms with Gasteiger partial charge < -0.3 is 5.11 Å². The zero-order valence-corrected chi connectivity index (χ0v) is 8.30. The predicted octanol–water partition coefficient (Wildman–Crippen LogP) is -1.06. The summed E-state index contributed by atoms with van der Waals surface area (Å²) in [6.45, 7) is 1.03. The van der Waals surface area contributed by atoms with Crippen molar-refractivity contribution in [3.05, 3.63) is 0 Å². The summed E-state index contributed by atoms with van der Waals surface area (Å²) in [4.78, 5) is 21.2. The third kappa shape index (κ3) is 5.48. The molecule has 13 heavy (non-hydrogen) atoms. The van der Waals surface area contributed by atoms with Crippen LogP contribution in [0.15, 0.2) is 0 Å². The molecule has 0 heterocycles. The van der Waals surface area contributed by atoms with Crippen molar-refractivity contribution in [2.24, 2.45) is 0 Å². The van der Waals surface area contributed by atoms with E-state index < -0.39 is 27.5 Å². The van der Waals surface area contributed by atoms with E-state index in [2.05, 4.69) is 0 Å². The van der Waals surface area contributed by atoms with Gasteiger partial charge in [0.2, 0.25) is 5.78 Å². The quantitative estimate of drug-likeness (QED) is 0.582. The van der Waals surface area contributed by atoms with Gasteiger partial charge in [-0.3, -0.25) is 9.59 Å². The molecule has 0 bridgehead atoms. The third-order valence-electron chi connectivity index (χ3n) is 1.41. The lowest BCUT2D eigenvalue weighted by atomic mass is 10.1. The number of rotatable bonds is 5. The topological polar surface area (TPSA) is 88.5 Å². The summed E-state index contributed by atoms with van der Waals surface area (Å²) in [6, 6.07) is 0. The molecule has 0 rings (SSSR count). The van der Waals surface area contributed by atoms with Crippen LogP contribution >= 0.6 is 0 Å². The van der Waals surface area contributed by atoms with Crippen molar-refractivity contribution in [3.8, 4) is 0 Å². The number of aliphatic hydroxyl groups excluding tert-OH is 1. The summed E-state index contributed by atoms with van der Waals surface area (Å²) in [5, 5.41) is 9.02. The van der Waals surface area contributed by atoms with Crippen LogP contribution < -0.4 is 0 Å². The lowest BCUT2D eigenvalue weighted by Gasteiger charge is -2.05. The lowest BCUT2D eigenvalue weighted by Crippen LogP contribution is -2.28. The van der Waals surface area contributed by atoms with Crippen molar-refractivity contribution in [1.29, 1.82) is 0 Å². The summed E-state index contributed by atoms with van der Waals surface area (Å²) in [7, 11) is -3.20. The first-order chi connectivity index (χ1) is 5.74. The maximum atomic E-state index is 10.8. The monoisotopic (exact) mass is 208 g/mol. The van der Waals surface area contributed by atoms with Crippen LogP contribution in [0.3, 0.4) is 0 Å². The van der Waals surface area contributed by atoms with Gasteiger partial charge in [0, 0.05) is 13.2 Å². The van der Waals surface area contributed by atoms with Gasteiger partial charge in [-0.25, -0.2) is 8.42 Å². The van der Waals surface area contributed by atoms with Crippen molar-refractivity contribution in [3.63, 3.8) is 0 Å². The van der Waals surface area contributed by atoms with Crippen LogP contribution in [0.1, 0.15) is 13.3 Å². The Kier molecular flexibility index (Phi) is 4.22. The summed E-state index contributed by atoms with van der Waals surface area (Å²) in [6.07, 6.45) is -0.720. The molecule has 0 spiro atoms. The highest BCUT2D eigenvalue weighted by Crippen LogP contribution is 1.98. The van der Waals surface area contributed by atoms with E-state index in [9.17, 15) is 18.0 Å². The zero-order chi connectivity index (χ0) is 10.6. The van der Waals surface area contributed by atoms with Crippen molar-refractivity contribution < 1.29 is 23.1 Å². The van der Waals surface area contributed by atoms with Gasteiger partial charge in [-0.2, -0.15) is 0 Å². The van der Waals surface area contributed by atoms with Crippen LogP contribution in [0.4, 0.5) is 0 Å². The zero-order valence-electron chi connectivity index (χ0n) is 7.48. The smallest absolute Gasteiger partial charge is 0.226 e. The Labute approximate surface area is 76.7 Å². The Bertz CT molecular complexity index is 303. The fraction of sp³-hybridized carbons (Fsp3) is 0.714. The van der Waals surface area contributed by atoms with E-state index in [0.717, 1.165) is 13.2 Å². The molecule has 0 aliphatic rings. The summed E-state index contributed by atoms with van der Waals surface area (Å²) < 4.78 is 21.2. The molecule has 1 atom stereocenters. The Hall–Kier alpha value is -0.750. The molecule has 5 nitrogen and oxygen atoms in total. The first kappa shape index (κ1) is 12.2.